The molecule has 0 bridgehead atoms. The quantitative estimate of drug-likeness (QED) is 0.674. The van der Waals surface area contributed by atoms with Gasteiger partial charge in [-0.15, -0.1) is 0 Å². The first-order chi connectivity index (χ1) is 17.1. The minimum absolute atomic E-state index is 0.0986. The molecule has 0 spiro atoms. The first-order valence-electron chi connectivity index (χ1n) is 13.2. The van der Waals surface area contributed by atoms with Crippen molar-refractivity contribution >= 4 is 11.8 Å². The minimum Gasteiger partial charge on any atom is -0.343 e. The van der Waals surface area contributed by atoms with Gasteiger partial charge in [0, 0.05) is 18.6 Å². The van der Waals surface area contributed by atoms with E-state index in [1.807, 2.05) is 6.92 Å². The van der Waals surface area contributed by atoms with Gasteiger partial charge >= 0.3 is 0 Å². The number of carbonyl (C=O) groups excluding carboxylic acids is 2. The van der Waals surface area contributed by atoms with Crippen molar-refractivity contribution < 1.29 is 9.59 Å². The molecule has 0 aromatic heterocycles. The first-order valence-corrected chi connectivity index (χ1v) is 13.2. The lowest BCUT2D eigenvalue weighted by atomic mass is 9.87. The molecule has 3 fully saturated rings. The van der Waals surface area contributed by atoms with Gasteiger partial charge in [-0.3, -0.25) is 14.5 Å². The van der Waals surface area contributed by atoms with Crippen LogP contribution in [-0.2, 0) is 9.59 Å². The van der Waals surface area contributed by atoms with Crippen LogP contribution in [0.5, 0.6) is 0 Å². The van der Waals surface area contributed by atoms with Crippen molar-refractivity contribution in [2.75, 3.05) is 20.1 Å². The molecule has 35 heavy (non-hydrogen) atoms. The van der Waals surface area contributed by atoms with Crippen molar-refractivity contribution in [3.05, 3.63) is 71.8 Å². The lowest BCUT2D eigenvalue weighted by Gasteiger charge is -2.43. The molecule has 0 unspecified atom stereocenters. The summed E-state index contributed by atoms with van der Waals surface area (Å²) in [6, 6.07) is 21.4. The predicted octanol–water partition coefficient (Wildman–Crippen LogP) is 3.34. The number of carbonyl (C=O) groups is 2. The molecule has 2 aromatic rings. The Morgan fingerprint density at radius 2 is 1.63 bits per heavy atom. The number of nitrogens with one attached hydrogen (secondary N) is 2. The van der Waals surface area contributed by atoms with E-state index in [1.165, 1.54) is 11.1 Å². The summed E-state index contributed by atoms with van der Waals surface area (Å²) in [6.07, 6.45) is 4.94. The molecular formula is C29H38N4O2. The monoisotopic (exact) mass is 474 g/mol. The van der Waals surface area contributed by atoms with Crippen LogP contribution in [0.25, 0.3) is 0 Å². The van der Waals surface area contributed by atoms with Crippen LogP contribution in [0.2, 0.25) is 0 Å². The van der Waals surface area contributed by atoms with E-state index in [4.69, 9.17) is 0 Å². The number of piperidine rings is 1. The summed E-state index contributed by atoms with van der Waals surface area (Å²) in [6.45, 7) is 3.73. The number of benzene rings is 2. The third kappa shape index (κ3) is 4.87. The molecule has 186 valence electrons. The summed E-state index contributed by atoms with van der Waals surface area (Å²) in [5.41, 5.74) is 2.58. The molecular weight excluding hydrogens is 436 g/mol. The van der Waals surface area contributed by atoms with Crippen molar-refractivity contribution in [2.24, 2.45) is 5.92 Å². The van der Waals surface area contributed by atoms with Crippen LogP contribution in [0.4, 0.5) is 0 Å². The van der Waals surface area contributed by atoms with E-state index in [9.17, 15) is 9.59 Å². The van der Waals surface area contributed by atoms with Crippen LogP contribution in [0, 0.1) is 5.92 Å². The fraction of sp³-hybridized carbons (Fsp3) is 0.517. The van der Waals surface area contributed by atoms with Gasteiger partial charge in [-0.25, -0.2) is 0 Å². The first kappa shape index (κ1) is 24.0. The molecule has 2 amide bonds. The Balaban J connectivity index is 1.39. The van der Waals surface area contributed by atoms with E-state index < -0.39 is 6.04 Å². The molecule has 3 saturated heterocycles. The number of hydrogen-bond acceptors (Lipinski definition) is 4. The van der Waals surface area contributed by atoms with E-state index in [0.717, 1.165) is 45.2 Å². The van der Waals surface area contributed by atoms with E-state index in [1.54, 1.807) is 7.05 Å². The molecule has 3 aliphatic heterocycles. The maximum atomic E-state index is 13.8. The van der Waals surface area contributed by atoms with Gasteiger partial charge in [0.2, 0.25) is 11.8 Å². The Kier molecular flexibility index (Phi) is 7.21. The van der Waals surface area contributed by atoms with E-state index in [2.05, 4.69) is 81.1 Å². The van der Waals surface area contributed by atoms with Gasteiger partial charge in [-0.2, -0.15) is 0 Å². The molecule has 0 saturated carbocycles. The predicted molar refractivity (Wildman–Crippen MR) is 138 cm³/mol. The summed E-state index contributed by atoms with van der Waals surface area (Å²) in [5.74, 6) is 0.561. The third-order valence-electron chi connectivity index (χ3n) is 8.40. The van der Waals surface area contributed by atoms with Crippen LogP contribution in [-0.4, -0.2) is 65.9 Å². The number of rotatable bonds is 6. The number of likely N-dealkylation sites (tertiary alicyclic amines) is 1. The fourth-order valence-corrected chi connectivity index (χ4v) is 6.47. The summed E-state index contributed by atoms with van der Waals surface area (Å²) in [7, 11) is 1.77. The topological polar surface area (TPSA) is 64.7 Å². The molecule has 0 radical (unpaired) electrons. The highest BCUT2D eigenvalue weighted by atomic mass is 16.2. The molecule has 2 aromatic carbocycles. The highest BCUT2D eigenvalue weighted by Crippen LogP contribution is 2.42. The number of nitrogens with zero attached hydrogens (tertiary/aromatic N) is 2. The second-order valence-electron chi connectivity index (χ2n) is 10.5. The van der Waals surface area contributed by atoms with Gasteiger partial charge in [0.15, 0.2) is 0 Å². The minimum atomic E-state index is -0.420. The summed E-state index contributed by atoms with van der Waals surface area (Å²) in [4.78, 5) is 31.2. The SMILES string of the molecule is CN[C@@H](C)C(=O)N[C@H]1CCC[C@H]2C[C@H]3CCN(C(c4ccccc4)c4ccccc4)C[C@H]3N2C1=O. The zero-order valence-corrected chi connectivity index (χ0v) is 20.9. The largest absolute Gasteiger partial charge is 0.343 e. The number of amides is 2. The van der Waals surface area contributed by atoms with Gasteiger partial charge < -0.3 is 15.5 Å². The Hall–Kier alpha value is -2.70. The smallest absolute Gasteiger partial charge is 0.245 e. The van der Waals surface area contributed by atoms with Gasteiger partial charge in [-0.05, 0) is 69.7 Å². The maximum Gasteiger partial charge on any atom is 0.245 e. The zero-order valence-electron chi connectivity index (χ0n) is 20.9. The van der Waals surface area contributed by atoms with Crippen molar-refractivity contribution in [2.45, 2.75) is 69.2 Å². The van der Waals surface area contributed by atoms with E-state index in [-0.39, 0.29) is 29.9 Å². The Labute approximate surface area is 209 Å². The van der Waals surface area contributed by atoms with Crippen LogP contribution in [0.3, 0.4) is 0 Å². The Morgan fingerprint density at radius 3 is 2.26 bits per heavy atom. The molecule has 3 aliphatic rings. The van der Waals surface area contributed by atoms with Crippen LogP contribution >= 0.6 is 0 Å². The summed E-state index contributed by atoms with van der Waals surface area (Å²) < 4.78 is 0. The normalized spacial score (nSPS) is 27.7. The van der Waals surface area contributed by atoms with E-state index in [0.29, 0.717) is 12.0 Å². The van der Waals surface area contributed by atoms with Crippen molar-refractivity contribution in [3.63, 3.8) is 0 Å². The van der Waals surface area contributed by atoms with Gasteiger partial charge in [-0.1, -0.05) is 60.7 Å². The standard InChI is InChI=1S/C29H38N4O2/c1-20(30-2)28(34)31-25-15-9-14-24-18-23-16-17-32(19-26(23)33(24)29(25)35)27(21-10-5-3-6-11-21)22-12-7-4-8-13-22/h3-8,10-13,20,23-27,30H,9,14-19H2,1-2H3,(H,31,34)/t20-,23+,24-,25-,26+/m0/s1. The molecule has 0 aliphatic carbocycles. The average Bonchev–Trinajstić information content (AvgIpc) is 3.18. The number of hydrogen-bond donors (Lipinski definition) is 2. The zero-order chi connectivity index (χ0) is 24.4. The molecule has 3 heterocycles. The van der Waals surface area contributed by atoms with Crippen LogP contribution in [0.15, 0.2) is 60.7 Å². The second kappa shape index (κ2) is 10.5. The van der Waals surface area contributed by atoms with Crippen LogP contribution in [0.1, 0.15) is 56.2 Å². The lowest BCUT2D eigenvalue weighted by Crippen LogP contribution is -2.57. The second-order valence-corrected chi connectivity index (χ2v) is 10.5. The highest BCUT2D eigenvalue weighted by Gasteiger charge is 2.49. The van der Waals surface area contributed by atoms with Crippen LogP contribution < -0.4 is 10.6 Å². The molecule has 2 N–H and O–H groups in total. The van der Waals surface area contributed by atoms with Gasteiger partial charge in [0.25, 0.3) is 0 Å². The van der Waals surface area contributed by atoms with Crippen molar-refractivity contribution in [1.82, 2.24) is 20.4 Å². The Morgan fingerprint density at radius 1 is 0.971 bits per heavy atom. The molecule has 5 atom stereocenters. The van der Waals surface area contributed by atoms with E-state index >= 15 is 0 Å². The number of fused-ring (bicyclic) bond motifs is 3. The lowest BCUT2D eigenvalue weighted by molar-refractivity contribution is -0.139. The van der Waals surface area contributed by atoms with Crippen molar-refractivity contribution in [3.8, 4) is 0 Å². The Bertz CT molecular complexity index is 974. The highest BCUT2D eigenvalue weighted by molar-refractivity contribution is 5.90. The maximum absolute atomic E-state index is 13.8. The summed E-state index contributed by atoms with van der Waals surface area (Å²) in [5, 5.41) is 6.03. The van der Waals surface area contributed by atoms with Gasteiger partial charge in [0.1, 0.15) is 6.04 Å². The fourth-order valence-electron chi connectivity index (χ4n) is 6.47. The molecule has 6 nitrogen and oxygen atoms in total. The third-order valence-corrected chi connectivity index (χ3v) is 8.40. The number of likely N-dealkylation sites (N-methyl/N-ethyl adjacent to an activating group) is 1. The van der Waals surface area contributed by atoms with Gasteiger partial charge in [0.05, 0.1) is 12.1 Å². The molecule has 6 heteroatoms. The summed E-state index contributed by atoms with van der Waals surface area (Å²) >= 11 is 0. The molecule has 5 rings (SSSR count). The van der Waals surface area contributed by atoms with Crippen molar-refractivity contribution in [1.29, 1.82) is 0 Å². The average molecular weight is 475 g/mol.